The quantitative estimate of drug-likeness (QED) is 0.809. The Morgan fingerprint density at radius 1 is 1.14 bits per heavy atom. The van der Waals surface area contributed by atoms with Gasteiger partial charge in [-0.25, -0.2) is 4.98 Å². The van der Waals surface area contributed by atoms with Crippen molar-refractivity contribution in [3.63, 3.8) is 0 Å². The zero-order chi connectivity index (χ0) is 15.5. The maximum absolute atomic E-state index is 11.9. The van der Waals surface area contributed by atoms with E-state index in [0.29, 0.717) is 6.54 Å². The summed E-state index contributed by atoms with van der Waals surface area (Å²) < 4.78 is 2.37. The molecule has 2 aliphatic heterocycles. The highest BCUT2D eigenvalue weighted by Gasteiger charge is 2.21. The lowest BCUT2D eigenvalue weighted by atomic mass is 10.3. The van der Waals surface area contributed by atoms with Crippen LogP contribution in [-0.2, 0) is 24.3 Å². The minimum absolute atomic E-state index is 0.178. The van der Waals surface area contributed by atoms with E-state index in [0.717, 1.165) is 32.6 Å². The van der Waals surface area contributed by atoms with Crippen molar-refractivity contribution in [3.05, 3.63) is 17.7 Å². The average molecular weight is 305 g/mol. The number of likely N-dealkylation sites (tertiary alicyclic amines) is 1. The lowest BCUT2D eigenvalue weighted by Crippen LogP contribution is -2.38. The number of hydrogen-bond acceptors (Lipinski definition) is 4. The fourth-order valence-electron chi connectivity index (χ4n) is 3.32. The van der Waals surface area contributed by atoms with E-state index in [1.807, 2.05) is 20.3 Å². The van der Waals surface area contributed by atoms with Gasteiger partial charge in [0, 0.05) is 52.9 Å². The van der Waals surface area contributed by atoms with E-state index >= 15 is 0 Å². The first kappa shape index (κ1) is 15.5. The van der Waals surface area contributed by atoms with E-state index in [1.165, 1.54) is 37.4 Å². The minimum Gasteiger partial charge on any atom is -0.348 e. The molecule has 3 heterocycles. The number of hydrogen-bond donors (Lipinski definition) is 0. The fourth-order valence-corrected chi connectivity index (χ4v) is 3.32. The maximum Gasteiger partial charge on any atom is 0.236 e. The summed E-state index contributed by atoms with van der Waals surface area (Å²) in [6.07, 6.45) is 5.62. The number of carbonyl (C=O) groups is 1. The van der Waals surface area contributed by atoms with Gasteiger partial charge in [-0.2, -0.15) is 0 Å². The van der Waals surface area contributed by atoms with Crippen LogP contribution in [0.15, 0.2) is 6.20 Å². The molecule has 0 atom stereocenters. The number of rotatable bonds is 4. The third kappa shape index (κ3) is 3.50. The summed E-state index contributed by atoms with van der Waals surface area (Å²) in [6, 6.07) is 0. The largest absolute Gasteiger partial charge is 0.348 e. The van der Waals surface area contributed by atoms with Crippen LogP contribution in [0.5, 0.6) is 0 Å². The monoisotopic (exact) mass is 305 g/mol. The topological polar surface area (TPSA) is 44.6 Å². The van der Waals surface area contributed by atoms with Gasteiger partial charge < -0.3 is 9.47 Å². The van der Waals surface area contributed by atoms with Crippen LogP contribution in [0.2, 0.25) is 0 Å². The Labute approximate surface area is 132 Å². The normalized spacial score (nSPS) is 19.9. The molecule has 6 heteroatoms. The number of aromatic nitrogens is 2. The van der Waals surface area contributed by atoms with Crippen LogP contribution < -0.4 is 0 Å². The summed E-state index contributed by atoms with van der Waals surface area (Å²) in [5, 5.41) is 0. The van der Waals surface area contributed by atoms with Crippen molar-refractivity contribution >= 4 is 5.91 Å². The lowest BCUT2D eigenvalue weighted by Gasteiger charge is -2.21. The number of carbonyl (C=O) groups excluding carboxylic acids is 1. The molecule has 0 N–H and O–H groups in total. The molecule has 2 aliphatic rings. The number of imidazole rings is 1. The molecule has 0 aromatic carbocycles. The van der Waals surface area contributed by atoms with E-state index in [1.54, 1.807) is 4.90 Å². The predicted molar refractivity (Wildman–Crippen MR) is 85.6 cm³/mol. The first-order chi connectivity index (χ1) is 10.6. The van der Waals surface area contributed by atoms with Crippen molar-refractivity contribution in [2.75, 3.05) is 46.8 Å². The van der Waals surface area contributed by atoms with Gasteiger partial charge in [-0.3, -0.25) is 14.6 Å². The molecule has 122 valence electrons. The van der Waals surface area contributed by atoms with Crippen LogP contribution >= 0.6 is 0 Å². The predicted octanol–water partition coefficient (Wildman–Crippen LogP) is 0.425. The Kier molecular flexibility index (Phi) is 4.78. The molecular weight excluding hydrogens is 278 g/mol. The van der Waals surface area contributed by atoms with E-state index in [2.05, 4.69) is 19.4 Å². The van der Waals surface area contributed by atoms with Crippen LogP contribution in [-0.4, -0.2) is 77.0 Å². The van der Waals surface area contributed by atoms with Crippen molar-refractivity contribution in [1.29, 1.82) is 0 Å². The number of amides is 1. The van der Waals surface area contributed by atoms with Gasteiger partial charge in [0.15, 0.2) is 0 Å². The smallest absolute Gasteiger partial charge is 0.236 e. The fraction of sp³-hybridized carbons (Fsp3) is 0.750. The molecule has 0 bridgehead atoms. The van der Waals surface area contributed by atoms with Gasteiger partial charge in [-0.1, -0.05) is 0 Å². The van der Waals surface area contributed by atoms with Crippen molar-refractivity contribution in [1.82, 2.24) is 24.3 Å². The molecule has 1 fully saturated rings. The summed E-state index contributed by atoms with van der Waals surface area (Å²) >= 11 is 0. The summed E-state index contributed by atoms with van der Waals surface area (Å²) in [4.78, 5) is 22.9. The molecule has 0 spiro atoms. The van der Waals surface area contributed by atoms with Crippen LogP contribution in [0.1, 0.15) is 24.4 Å². The Balaban J connectivity index is 1.61. The van der Waals surface area contributed by atoms with E-state index in [4.69, 9.17) is 0 Å². The highest BCUT2D eigenvalue weighted by molar-refractivity contribution is 5.77. The van der Waals surface area contributed by atoms with Gasteiger partial charge in [0.1, 0.15) is 5.82 Å². The number of fused-ring (bicyclic) bond motifs is 1. The molecule has 1 aromatic heterocycles. The van der Waals surface area contributed by atoms with Crippen molar-refractivity contribution in [2.24, 2.45) is 0 Å². The van der Waals surface area contributed by atoms with Crippen LogP contribution in [0.4, 0.5) is 0 Å². The average Bonchev–Trinajstić information content (AvgIpc) is 3.08. The molecule has 1 saturated heterocycles. The van der Waals surface area contributed by atoms with Gasteiger partial charge in [0.25, 0.3) is 0 Å². The Hall–Kier alpha value is -1.40. The number of likely N-dealkylation sites (N-methyl/N-ethyl adjacent to an activating group) is 1. The first-order valence-corrected chi connectivity index (χ1v) is 8.31. The standard InChI is InChI=1S/C16H27N5O/c1-18(2)16(22)13-20-8-5-15-17-11-14(21(15)10-9-20)12-19-6-3-4-7-19/h11H,3-10,12-13H2,1-2H3. The molecule has 3 rings (SSSR count). The summed E-state index contributed by atoms with van der Waals surface area (Å²) in [7, 11) is 3.64. The Morgan fingerprint density at radius 3 is 2.64 bits per heavy atom. The second kappa shape index (κ2) is 6.79. The van der Waals surface area contributed by atoms with Crippen LogP contribution in [0.3, 0.4) is 0 Å². The highest BCUT2D eigenvalue weighted by Crippen LogP contribution is 2.16. The third-order valence-corrected chi connectivity index (χ3v) is 4.75. The second-order valence-electron chi connectivity index (χ2n) is 6.61. The van der Waals surface area contributed by atoms with Crippen molar-refractivity contribution in [2.45, 2.75) is 32.4 Å². The Bertz CT molecular complexity index is 519. The van der Waals surface area contributed by atoms with Gasteiger partial charge in [0.2, 0.25) is 5.91 Å². The molecule has 1 amide bonds. The van der Waals surface area contributed by atoms with E-state index in [9.17, 15) is 4.79 Å². The molecule has 0 radical (unpaired) electrons. The first-order valence-electron chi connectivity index (χ1n) is 8.31. The van der Waals surface area contributed by atoms with Gasteiger partial charge in [-0.05, 0) is 25.9 Å². The van der Waals surface area contributed by atoms with E-state index < -0.39 is 0 Å². The summed E-state index contributed by atoms with van der Waals surface area (Å²) in [6.45, 7) is 6.74. The second-order valence-corrected chi connectivity index (χ2v) is 6.61. The summed E-state index contributed by atoms with van der Waals surface area (Å²) in [5.74, 6) is 1.35. The van der Waals surface area contributed by atoms with Crippen molar-refractivity contribution < 1.29 is 4.79 Å². The molecule has 0 aliphatic carbocycles. The molecule has 1 aromatic rings. The molecule has 0 saturated carbocycles. The SMILES string of the molecule is CN(C)C(=O)CN1CCc2ncc(CN3CCCC3)n2CC1. The van der Waals surface area contributed by atoms with Crippen LogP contribution in [0, 0.1) is 0 Å². The zero-order valence-corrected chi connectivity index (χ0v) is 13.8. The Morgan fingerprint density at radius 2 is 1.91 bits per heavy atom. The third-order valence-electron chi connectivity index (χ3n) is 4.75. The minimum atomic E-state index is 0.178. The van der Waals surface area contributed by atoms with Gasteiger partial charge in [0.05, 0.1) is 12.2 Å². The molecule has 0 unspecified atom stereocenters. The molecule has 6 nitrogen and oxygen atoms in total. The highest BCUT2D eigenvalue weighted by atomic mass is 16.2. The summed E-state index contributed by atoms with van der Waals surface area (Å²) in [5.41, 5.74) is 1.33. The maximum atomic E-state index is 11.9. The van der Waals surface area contributed by atoms with E-state index in [-0.39, 0.29) is 5.91 Å². The van der Waals surface area contributed by atoms with Crippen LogP contribution in [0.25, 0.3) is 0 Å². The zero-order valence-electron chi connectivity index (χ0n) is 13.8. The van der Waals surface area contributed by atoms with Gasteiger partial charge >= 0.3 is 0 Å². The number of nitrogens with zero attached hydrogens (tertiary/aromatic N) is 5. The lowest BCUT2D eigenvalue weighted by molar-refractivity contribution is -0.129. The van der Waals surface area contributed by atoms with Crippen molar-refractivity contribution in [3.8, 4) is 0 Å². The molecule has 22 heavy (non-hydrogen) atoms. The van der Waals surface area contributed by atoms with Gasteiger partial charge in [-0.15, -0.1) is 0 Å². The molecular formula is C16H27N5O.